The second kappa shape index (κ2) is 6.64. The van der Waals surface area contributed by atoms with Crippen molar-refractivity contribution in [3.05, 3.63) is 64.7 Å². The molecule has 0 unspecified atom stereocenters. The van der Waals surface area contributed by atoms with Crippen LogP contribution in [0.3, 0.4) is 0 Å². The number of anilines is 1. The minimum atomic E-state index is 0.161. The van der Waals surface area contributed by atoms with Gasteiger partial charge in [-0.05, 0) is 74.5 Å². The third kappa shape index (κ3) is 3.21. The molecule has 3 nitrogen and oxygen atoms in total. The second-order valence-electron chi connectivity index (χ2n) is 7.58. The Morgan fingerprint density at radius 3 is 2.48 bits per heavy atom. The van der Waals surface area contributed by atoms with E-state index in [-0.39, 0.29) is 5.41 Å². The van der Waals surface area contributed by atoms with Crippen molar-refractivity contribution in [1.82, 2.24) is 5.32 Å². The van der Waals surface area contributed by atoms with Crippen LogP contribution in [-0.4, -0.2) is 18.9 Å². The molecule has 1 fully saturated rings. The van der Waals surface area contributed by atoms with Crippen LogP contribution >= 0.6 is 0 Å². The molecule has 2 aromatic rings. The number of nitrogens with one attached hydrogen (secondary N) is 2. The third-order valence-corrected chi connectivity index (χ3v) is 5.83. The van der Waals surface area contributed by atoms with Gasteiger partial charge in [0.2, 0.25) is 0 Å². The summed E-state index contributed by atoms with van der Waals surface area (Å²) in [4.78, 5) is 5.06. The molecule has 2 aliphatic rings. The van der Waals surface area contributed by atoms with E-state index < -0.39 is 0 Å². The van der Waals surface area contributed by atoms with Crippen LogP contribution in [-0.2, 0) is 13.0 Å². The number of nitrogens with zero attached hydrogens (tertiary/aromatic N) is 1. The number of hydrogen-bond donors (Lipinski definition) is 2. The van der Waals surface area contributed by atoms with Crippen molar-refractivity contribution in [2.45, 2.75) is 39.7 Å². The first kappa shape index (κ1) is 16.3. The summed E-state index contributed by atoms with van der Waals surface area (Å²) in [5.74, 6) is 1.19. The minimum absolute atomic E-state index is 0.161. The van der Waals surface area contributed by atoms with Crippen LogP contribution in [0.4, 0.5) is 5.69 Å². The van der Waals surface area contributed by atoms with Crippen molar-refractivity contribution in [2.24, 2.45) is 10.4 Å². The monoisotopic (exact) mass is 333 g/mol. The van der Waals surface area contributed by atoms with Crippen molar-refractivity contribution < 1.29 is 0 Å². The van der Waals surface area contributed by atoms with Gasteiger partial charge in [-0.2, -0.15) is 0 Å². The largest absolute Gasteiger partial charge is 0.343 e. The molecule has 0 bridgehead atoms. The van der Waals surface area contributed by atoms with E-state index in [4.69, 9.17) is 4.99 Å². The molecule has 0 atom stereocenters. The molecular weight excluding hydrogens is 306 g/mol. The Bertz CT molecular complexity index is 786. The highest BCUT2D eigenvalue weighted by molar-refractivity contribution is 6.02. The van der Waals surface area contributed by atoms with Gasteiger partial charge in [0, 0.05) is 11.1 Å². The van der Waals surface area contributed by atoms with Crippen molar-refractivity contribution in [3.8, 4) is 0 Å². The third-order valence-electron chi connectivity index (χ3n) is 5.83. The first-order valence-electron chi connectivity index (χ1n) is 9.33. The van der Waals surface area contributed by atoms with Crippen LogP contribution in [0.2, 0.25) is 0 Å². The van der Waals surface area contributed by atoms with Gasteiger partial charge in [0.1, 0.15) is 5.84 Å². The van der Waals surface area contributed by atoms with E-state index in [1.165, 1.54) is 33.8 Å². The maximum atomic E-state index is 5.06. The molecule has 2 aliphatic heterocycles. The normalized spacial score (nSPS) is 20.3. The molecule has 0 radical (unpaired) electrons. The predicted octanol–water partition coefficient (Wildman–Crippen LogP) is 4.24. The number of fused-ring (bicyclic) bond motifs is 1. The molecule has 2 heterocycles. The summed E-state index contributed by atoms with van der Waals surface area (Å²) in [6.07, 6.45) is 3.41. The lowest BCUT2D eigenvalue weighted by Crippen LogP contribution is -2.48. The van der Waals surface area contributed by atoms with Gasteiger partial charge >= 0.3 is 0 Å². The van der Waals surface area contributed by atoms with E-state index in [0.29, 0.717) is 0 Å². The van der Waals surface area contributed by atoms with Gasteiger partial charge < -0.3 is 10.6 Å². The highest BCUT2D eigenvalue weighted by Gasteiger charge is 2.41. The second-order valence-corrected chi connectivity index (χ2v) is 7.58. The molecule has 1 saturated heterocycles. The van der Waals surface area contributed by atoms with E-state index in [1.807, 2.05) is 0 Å². The molecule has 0 aromatic heterocycles. The van der Waals surface area contributed by atoms with Gasteiger partial charge in [0.15, 0.2) is 0 Å². The smallest absolute Gasteiger partial charge is 0.108 e. The summed E-state index contributed by atoms with van der Waals surface area (Å²) in [5.41, 5.74) is 6.85. The summed E-state index contributed by atoms with van der Waals surface area (Å²) < 4.78 is 0. The number of aryl methyl sites for hydroxylation is 2. The van der Waals surface area contributed by atoms with Crippen LogP contribution in [0.25, 0.3) is 0 Å². The van der Waals surface area contributed by atoms with Crippen molar-refractivity contribution in [3.63, 3.8) is 0 Å². The lowest BCUT2D eigenvalue weighted by Gasteiger charge is -2.43. The molecule has 130 valence electrons. The maximum Gasteiger partial charge on any atom is 0.108 e. The topological polar surface area (TPSA) is 36.4 Å². The Kier molecular flexibility index (Phi) is 4.34. The number of rotatable bonds is 2. The zero-order chi connectivity index (χ0) is 17.3. The molecule has 25 heavy (non-hydrogen) atoms. The summed E-state index contributed by atoms with van der Waals surface area (Å²) in [6, 6.07) is 15.2. The van der Waals surface area contributed by atoms with Gasteiger partial charge in [0.25, 0.3) is 0 Å². The van der Waals surface area contributed by atoms with Gasteiger partial charge in [-0.25, -0.2) is 0 Å². The Labute approximate surface area is 150 Å². The van der Waals surface area contributed by atoms with Crippen LogP contribution < -0.4 is 10.6 Å². The lowest BCUT2D eigenvalue weighted by molar-refractivity contribution is 0.293. The Morgan fingerprint density at radius 2 is 1.72 bits per heavy atom. The minimum Gasteiger partial charge on any atom is -0.343 e. The number of piperidine rings is 1. The molecular formula is C22H27N3. The van der Waals surface area contributed by atoms with Crippen molar-refractivity contribution in [1.29, 1.82) is 0 Å². The highest BCUT2D eigenvalue weighted by atomic mass is 15.0. The van der Waals surface area contributed by atoms with E-state index >= 15 is 0 Å². The van der Waals surface area contributed by atoms with Crippen LogP contribution in [0, 0.1) is 19.3 Å². The van der Waals surface area contributed by atoms with Crippen molar-refractivity contribution >= 4 is 11.5 Å². The zero-order valence-corrected chi connectivity index (χ0v) is 15.2. The first-order chi connectivity index (χ1) is 12.2. The molecule has 0 amide bonds. The summed E-state index contributed by atoms with van der Waals surface area (Å²) in [7, 11) is 0. The van der Waals surface area contributed by atoms with Crippen molar-refractivity contribution in [2.75, 3.05) is 18.4 Å². The molecule has 1 spiro atoms. The summed E-state index contributed by atoms with van der Waals surface area (Å²) >= 11 is 0. The van der Waals surface area contributed by atoms with Gasteiger partial charge in [0.05, 0.1) is 6.54 Å². The molecule has 0 saturated carbocycles. The number of benzene rings is 2. The van der Waals surface area contributed by atoms with Gasteiger partial charge in [-0.1, -0.05) is 36.4 Å². The van der Waals surface area contributed by atoms with Crippen LogP contribution in [0.5, 0.6) is 0 Å². The van der Waals surface area contributed by atoms with E-state index in [1.54, 1.807) is 0 Å². The summed E-state index contributed by atoms with van der Waals surface area (Å²) in [5, 5.41) is 7.23. The van der Waals surface area contributed by atoms with Gasteiger partial charge in [-0.3, -0.25) is 4.99 Å². The lowest BCUT2D eigenvalue weighted by atomic mass is 9.70. The Hall–Kier alpha value is -2.13. The fourth-order valence-electron chi connectivity index (χ4n) is 4.13. The fraction of sp³-hybridized carbons (Fsp3) is 0.409. The molecule has 4 rings (SSSR count). The quantitative estimate of drug-likeness (QED) is 0.862. The van der Waals surface area contributed by atoms with E-state index in [2.05, 4.69) is 66.9 Å². The zero-order valence-electron chi connectivity index (χ0n) is 15.2. The van der Waals surface area contributed by atoms with Crippen LogP contribution in [0.1, 0.15) is 35.1 Å². The molecule has 2 aromatic carbocycles. The summed E-state index contributed by atoms with van der Waals surface area (Å²) in [6.45, 7) is 7.30. The highest BCUT2D eigenvalue weighted by Crippen LogP contribution is 2.41. The Morgan fingerprint density at radius 1 is 1.00 bits per heavy atom. The number of amidine groups is 1. The van der Waals surface area contributed by atoms with Crippen LogP contribution in [0.15, 0.2) is 47.5 Å². The van der Waals surface area contributed by atoms with E-state index in [9.17, 15) is 0 Å². The number of aliphatic imine (C=N–C) groups is 1. The standard InChI is InChI=1S/C22H27N3/c1-16-12-19-14-22(8-10-23-11-9-22)21(25-20(19)13-17(16)2)24-15-18-6-4-3-5-7-18/h3-7,12-13,23H,8-11,14-15H2,1-2H3,(H,24,25). The maximum absolute atomic E-state index is 5.06. The Balaban J connectivity index is 1.70. The predicted molar refractivity (Wildman–Crippen MR) is 105 cm³/mol. The average Bonchev–Trinajstić information content (AvgIpc) is 2.63. The number of hydrogen-bond acceptors (Lipinski definition) is 2. The molecule has 0 aliphatic carbocycles. The molecule has 2 N–H and O–H groups in total. The SMILES string of the molecule is Cc1cc2c(cc1C)NC(=NCc1ccccc1)C1(CCNCC1)C2. The fourth-order valence-corrected chi connectivity index (χ4v) is 4.13. The average molecular weight is 333 g/mol. The van der Waals surface area contributed by atoms with Gasteiger partial charge in [-0.15, -0.1) is 0 Å². The van der Waals surface area contributed by atoms with E-state index in [0.717, 1.165) is 38.9 Å². The first-order valence-corrected chi connectivity index (χ1v) is 9.33. The molecule has 3 heteroatoms.